The molecule has 7 heteroatoms. The van der Waals surface area contributed by atoms with Crippen LogP contribution in [0.1, 0.15) is 24.8 Å². The lowest BCUT2D eigenvalue weighted by Crippen LogP contribution is -2.42. The van der Waals surface area contributed by atoms with Gasteiger partial charge in [0.15, 0.2) is 0 Å². The molecule has 0 aromatic heterocycles. The molecule has 1 heterocycles. The van der Waals surface area contributed by atoms with Crippen LogP contribution < -0.4 is 5.32 Å². The molecular weight excluding hydrogens is 487 g/mol. The van der Waals surface area contributed by atoms with E-state index in [9.17, 15) is 13.2 Å². The molecule has 28 heavy (non-hydrogen) atoms. The summed E-state index contributed by atoms with van der Waals surface area (Å²) in [5, 5.41) is 2.93. The summed E-state index contributed by atoms with van der Waals surface area (Å²) in [5.74, 6) is -0.0149. The minimum Gasteiger partial charge on any atom is -0.326 e. The Morgan fingerprint density at radius 2 is 1.68 bits per heavy atom. The van der Waals surface area contributed by atoms with E-state index >= 15 is 0 Å². The molecule has 2 aromatic rings. The number of sulfonamides is 1. The fourth-order valence-corrected chi connectivity index (χ4v) is 5.30. The largest absolute Gasteiger partial charge is 0.326 e. The van der Waals surface area contributed by atoms with Crippen LogP contribution in [0.4, 0.5) is 5.69 Å². The number of amides is 1. The molecule has 5 nitrogen and oxygen atoms in total. The first-order chi connectivity index (χ1) is 13.4. The van der Waals surface area contributed by atoms with Gasteiger partial charge in [0, 0.05) is 28.3 Å². The van der Waals surface area contributed by atoms with Crippen molar-refractivity contribution in [1.29, 1.82) is 0 Å². The molecule has 3 rings (SSSR count). The number of carbonyl (C=O) groups excluding carboxylic acids is 1. The number of rotatable bonds is 7. The fraction of sp³-hybridized carbons (Fsp3) is 0.381. The summed E-state index contributed by atoms with van der Waals surface area (Å²) in [5.41, 5.74) is 1.94. The lowest BCUT2D eigenvalue weighted by Gasteiger charge is -2.30. The van der Waals surface area contributed by atoms with Crippen molar-refractivity contribution >= 4 is 44.2 Å². The number of hydrogen-bond donors (Lipinski definition) is 1. The first kappa shape index (κ1) is 21.3. The number of nitrogens with zero attached hydrogens (tertiary/aromatic N) is 1. The SMILES string of the molecule is O=C(Nc1ccc(I)cc1)C1CCN(S(=O)(=O)CCCc2ccccc2)CC1. The zero-order valence-corrected chi connectivity index (χ0v) is 18.7. The van der Waals surface area contributed by atoms with Crippen molar-refractivity contribution in [3.8, 4) is 0 Å². The highest BCUT2D eigenvalue weighted by Crippen LogP contribution is 2.22. The molecule has 0 aliphatic carbocycles. The number of halogens is 1. The van der Waals surface area contributed by atoms with Crippen molar-refractivity contribution in [3.63, 3.8) is 0 Å². The Morgan fingerprint density at radius 3 is 2.32 bits per heavy atom. The van der Waals surface area contributed by atoms with E-state index < -0.39 is 10.0 Å². The van der Waals surface area contributed by atoms with Crippen molar-refractivity contribution < 1.29 is 13.2 Å². The van der Waals surface area contributed by atoms with Crippen molar-refractivity contribution in [2.45, 2.75) is 25.7 Å². The molecule has 1 saturated heterocycles. The molecule has 0 atom stereocenters. The third-order valence-electron chi connectivity index (χ3n) is 5.04. The predicted octanol–water partition coefficient (Wildman–Crippen LogP) is 3.90. The fourth-order valence-electron chi connectivity index (χ4n) is 3.41. The Morgan fingerprint density at radius 1 is 1.04 bits per heavy atom. The van der Waals surface area contributed by atoms with E-state index in [0.717, 1.165) is 21.2 Å². The highest BCUT2D eigenvalue weighted by molar-refractivity contribution is 14.1. The maximum atomic E-state index is 12.6. The number of nitrogens with one attached hydrogen (secondary N) is 1. The average Bonchev–Trinajstić information content (AvgIpc) is 2.70. The Bertz CT molecular complexity index is 878. The number of carbonyl (C=O) groups is 1. The highest BCUT2D eigenvalue weighted by atomic mass is 127. The van der Waals surface area contributed by atoms with Crippen LogP contribution in [0, 0.1) is 9.49 Å². The standard InChI is InChI=1S/C21H25IN2O3S/c22-19-8-10-20(11-9-19)23-21(25)18-12-14-24(15-13-18)28(26,27)16-4-7-17-5-2-1-3-6-17/h1-3,5-6,8-11,18H,4,7,12-16H2,(H,23,25). The van der Waals surface area contributed by atoms with Gasteiger partial charge in [-0.15, -0.1) is 0 Å². The van der Waals surface area contributed by atoms with Crippen LogP contribution in [-0.4, -0.2) is 37.5 Å². The molecule has 1 amide bonds. The second kappa shape index (κ2) is 9.84. The minimum atomic E-state index is -3.27. The van der Waals surface area contributed by atoms with E-state index in [0.29, 0.717) is 32.4 Å². The third-order valence-corrected chi connectivity index (χ3v) is 7.72. The lowest BCUT2D eigenvalue weighted by molar-refractivity contribution is -0.120. The summed E-state index contributed by atoms with van der Waals surface area (Å²) in [6.07, 6.45) is 2.50. The molecule has 0 saturated carbocycles. The summed E-state index contributed by atoms with van der Waals surface area (Å²) in [6, 6.07) is 17.6. The van der Waals surface area contributed by atoms with Gasteiger partial charge in [-0.2, -0.15) is 0 Å². The Labute approximate surface area is 180 Å². The maximum Gasteiger partial charge on any atom is 0.227 e. The number of anilines is 1. The van der Waals surface area contributed by atoms with Gasteiger partial charge >= 0.3 is 0 Å². The molecule has 0 bridgehead atoms. The Hall–Kier alpha value is -1.45. The van der Waals surface area contributed by atoms with Crippen LogP contribution in [0.2, 0.25) is 0 Å². The quantitative estimate of drug-likeness (QED) is 0.573. The third kappa shape index (κ3) is 6.02. The normalized spacial score (nSPS) is 16.0. The van der Waals surface area contributed by atoms with Crippen molar-refractivity contribution in [2.75, 3.05) is 24.2 Å². The summed E-state index contributed by atoms with van der Waals surface area (Å²) in [6.45, 7) is 0.830. The van der Waals surface area contributed by atoms with Crippen molar-refractivity contribution in [1.82, 2.24) is 4.31 Å². The van der Waals surface area contributed by atoms with Gasteiger partial charge in [-0.1, -0.05) is 30.3 Å². The molecule has 1 aliphatic rings. The number of benzene rings is 2. The first-order valence-corrected chi connectivity index (χ1v) is 12.2. The van der Waals surface area contributed by atoms with Crippen molar-refractivity contribution in [3.05, 3.63) is 63.7 Å². The van der Waals surface area contributed by atoms with E-state index in [-0.39, 0.29) is 17.6 Å². The van der Waals surface area contributed by atoms with E-state index in [1.807, 2.05) is 54.6 Å². The molecular formula is C21H25IN2O3S. The minimum absolute atomic E-state index is 0.0256. The summed E-state index contributed by atoms with van der Waals surface area (Å²) >= 11 is 2.22. The smallest absolute Gasteiger partial charge is 0.227 e. The van der Waals surface area contributed by atoms with Gasteiger partial charge in [0.25, 0.3) is 0 Å². The van der Waals surface area contributed by atoms with E-state index in [1.54, 1.807) is 4.31 Å². The van der Waals surface area contributed by atoms with Crippen molar-refractivity contribution in [2.24, 2.45) is 5.92 Å². The van der Waals surface area contributed by atoms with Crippen LogP contribution in [0.25, 0.3) is 0 Å². The van der Waals surface area contributed by atoms with E-state index in [2.05, 4.69) is 27.9 Å². The predicted molar refractivity (Wildman–Crippen MR) is 121 cm³/mol. The first-order valence-electron chi connectivity index (χ1n) is 9.52. The Kier molecular flexibility index (Phi) is 7.48. The monoisotopic (exact) mass is 512 g/mol. The molecule has 1 N–H and O–H groups in total. The van der Waals surface area contributed by atoms with Crippen LogP contribution in [0.5, 0.6) is 0 Å². The second-order valence-electron chi connectivity index (χ2n) is 7.07. The summed E-state index contributed by atoms with van der Waals surface area (Å²) < 4.78 is 27.9. The van der Waals surface area contributed by atoms with Crippen LogP contribution in [-0.2, 0) is 21.2 Å². The summed E-state index contributed by atoms with van der Waals surface area (Å²) in [7, 11) is -3.27. The molecule has 1 fully saturated rings. The van der Waals surface area contributed by atoms with Gasteiger partial charge < -0.3 is 5.32 Å². The van der Waals surface area contributed by atoms with Gasteiger partial charge in [-0.25, -0.2) is 12.7 Å². The van der Waals surface area contributed by atoms with Gasteiger partial charge in [-0.3, -0.25) is 4.79 Å². The van der Waals surface area contributed by atoms with Gasteiger partial charge in [0.2, 0.25) is 15.9 Å². The maximum absolute atomic E-state index is 12.6. The zero-order chi connectivity index (χ0) is 20.0. The number of piperidine rings is 1. The molecule has 0 spiro atoms. The van der Waals surface area contributed by atoms with Gasteiger partial charge in [0.1, 0.15) is 0 Å². The van der Waals surface area contributed by atoms with Crippen LogP contribution >= 0.6 is 22.6 Å². The molecule has 1 aliphatic heterocycles. The number of aryl methyl sites for hydroxylation is 1. The van der Waals surface area contributed by atoms with E-state index in [4.69, 9.17) is 0 Å². The van der Waals surface area contributed by atoms with Gasteiger partial charge in [-0.05, 0) is 78.1 Å². The molecule has 2 aromatic carbocycles. The molecule has 0 unspecified atom stereocenters. The molecule has 0 radical (unpaired) electrons. The number of hydrogen-bond acceptors (Lipinski definition) is 3. The Balaban J connectivity index is 1.45. The van der Waals surface area contributed by atoms with Crippen LogP contribution in [0.3, 0.4) is 0 Å². The topological polar surface area (TPSA) is 66.5 Å². The van der Waals surface area contributed by atoms with E-state index in [1.165, 1.54) is 0 Å². The van der Waals surface area contributed by atoms with Gasteiger partial charge in [0.05, 0.1) is 5.75 Å². The lowest BCUT2D eigenvalue weighted by atomic mass is 9.97. The zero-order valence-electron chi connectivity index (χ0n) is 15.7. The van der Waals surface area contributed by atoms with Crippen LogP contribution in [0.15, 0.2) is 54.6 Å². The summed E-state index contributed by atoms with van der Waals surface area (Å²) in [4.78, 5) is 12.5. The highest BCUT2D eigenvalue weighted by Gasteiger charge is 2.30. The second-order valence-corrected chi connectivity index (χ2v) is 10.4. The average molecular weight is 512 g/mol. The molecule has 150 valence electrons.